The third kappa shape index (κ3) is 2.79. The zero-order valence-electron chi connectivity index (χ0n) is 14.4. The molecule has 3 rings (SSSR count). The number of fused-ring (bicyclic) bond motifs is 2. The summed E-state index contributed by atoms with van der Waals surface area (Å²) < 4.78 is 1.27. The van der Waals surface area contributed by atoms with Crippen molar-refractivity contribution in [2.75, 3.05) is 38.0 Å². The van der Waals surface area contributed by atoms with Crippen LogP contribution in [0.25, 0.3) is 0 Å². The molecule has 0 saturated carbocycles. The van der Waals surface area contributed by atoms with Crippen LogP contribution in [0.4, 0.5) is 17.1 Å². The predicted molar refractivity (Wildman–Crippen MR) is 102 cm³/mol. The van der Waals surface area contributed by atoms with Gasteiger partial charge in [0, 0.05) is 49.0 Å². The maximum Gasteiger partial charge on any atom is 0.0773 e. The summed E-state index contributed by atoms with van der Waals surface area (Å²) in [5.41, 5.74) is 3.46. The van der Waals surface area contributed by atoms with Gasteiger partial charge in [-0.2, -0.15) is 0 Å². The van der Waals surface area contributed by atoms with E-state index in [2.05, 4.69) is 87.9 Å². The van der Waals surface area contributed by atoms with Crippen LogP contribution in [0.2, 0.25) is 0 Å². The molecule has 120 valence electrons. The fourth-order valence-electron chi connectivity index (χ4n) is 2.70. The van der Waals surface area contributed by atoms with Crippen molar-refractivity contribution in [2.24, 2.45) is 4.99 Å². The van der Waals surface area contributed by atoms with E-state index in [1.54, 1.807) is 0 Å². The lowest BCUT2D eigenvalue weighted by Crippen LogP contribution is -2.13. The predicted octanol–water partition coefficient (Wildman–Crippen LogP) is 4.20. The van der Waals surface area contributed by atoms with Crippen LogP contribution in [0, 0.1) is 4.51 Å². The summed E-state index contributed by atoms with van der Waals surface area (Å²) in [6, 6.07) is 13.0. The molecule has 0 saturated heterocycles. The van der Waals surface area contributed by atoms with Crippen molar-refractivity contribution < 1.29 is 0 Å². The second-order valence-corrected chi connectivity index (χ2v) is 8.40. The highest BCUT2D eigenvalue weighted by Crippen LogP contribution is 2.45. The van der Waals surface area contributed by atoms with Crippen molar-refractivity contribution in [3.63, 3.8) is 0 Å². The van der Waals surface area contributed by atoms with Gasteiger partial charge in [-0.1, -0.05) is 6.58 Å². The van der Waals surface area contributed by atoms with Crippen LogP contribution >= 0.6 is 10.5 Å². The Kier molecular flexibility index (Phi) is 4.02. The third-order valence-electron chi connectivity index (χ3n) is 3.95. The van der Waals surface area contributed by atoms with E-state index < -0.39 is 0 Å². The Bertz CT molecular complexity index is 911. The van der Waals surface area contributed by atoms with Gasteiger partial charge in [-0.05, 0) is 48.2 Å². The molecule has 23 heavy (non-hydrogen) atoms. The maximum absolute atomic E-state index is 4.87. The Hall–Kier alpha value is -2.07. The van der Waals surface area contributed by atoms with Gasteiger partial charge in [0.05, 0.1) is 11.0 Å². The van der Waals surface area contributed by atoms with Crippen LogP contribution in [0.1, 0.15) is 6.92 Å². The zero-order chi connectivity index (χ0) is 16.7. The normalized spacial score (nSPS) is 15.3. The Morgan fingerprint density at radius 3 is 2.17 bits per heavy atom. The Balaban J connectivity index is 2.38. The average Bonchev–Trinajstić information content (AvgIpc) is 2.50. The average molecular weight is 325 g/mol. The SMILES string of the molecule is C=C(C)S1=c2cc(N(C)C)ccc2=Nc2ccc(N(C)C)cc21. The number of rotatable bonds is 3. The van der Waals surface area contributed by atoms with Crippen molar-refractivity contribution in [3.05, 3.63) is 57.7 Å². The molecule has 0 aromatic heterocycles. The van der Waals surface area contributed by atoms with Gasteiger partial charge in [-0.25, -0.2) is 4.99 Å². The fraction of sp³-hybridized carbons (Fsp3) is 0.263. The fourth-order valence-corrected chi connectivity index (χ4v) is 4.81. The van der Waals surface area contributed by atoms with Crippen molar-refractivity contribution >= 4 is 27.5 Å². The molecular formula is C19H23N3S. The molecule has 0 N–H and O–H groups in total. The smallest absolute Gasteiger partial charge is 0.0773 e. The molecule has 1 atom stereocenters. The molecule has 0 fully saturated rings. The van der Waals surface area contributed by atoms with Crippen molar-refractivity contribution in [1.29, 1.82) is 0 Å². The van der Waals surface area contributed by atoms with E-state index in [0.717, 1.165) is 11.0 Å². The molecule has 0 aliphatic carbocycles. The van der Waals surface area contributed by atoms with Crippen LogP contribution < -0.4 is 15.2 Å². The van der Waals surface area contributed by atoms with Crippen LogP contribution in [0.5, 0.6) is 0 Å². The zero-order valence-corrected chi connectivity index (χ0v) is 15.2. The van der Waals surface area contributed by atoms with E-state index in [4.69, 9.17) is 4.99 Å². The molecule has 1 unspecified atom stereocenters. The van der Waals surface area contributed by atoms with Gasteiger partial charge >= 0.3 is 0 Å². The van der Waals surface area contributed by atoms with Gasteiger partial charge in [0.25, 0.3) is 0 Å². The molecule has 1 aliphatic heterocycles. The van der Waals surface area contributed by atoms with Crippen molar-refractivity contribution in [2.45, 2.75) is 11.8 Å². The quantitative estimate of drug-likeness (QED) is 0.788. The highest BCUT2D eigenvalue weighted by molar-refractivity contribution is 8.13. The minimum Gasteiger partial charge on any atom is -0.378 e. The number of hydrogen-bond acceptors (Lipinski definition) is 3. The lowest BCUT2D eigenvalue weighted by atomic mass is 10.2. The molecule has 0 amide bonds. The molecular weight excluding hydrogens is 302 g/mol. The first-order valence-corrected chi connectivity index (χ1v) is 8.85. The monoisotopic (exact) mass is 325 g/mol. The minimum atomic E-state index is -0.141. The standard InChI is InChI=1S/C19H23N3S/c1-13(2)23-18-11-14(21(3)4)7-9-16(18)20-17-10-8-15(22(5)6)12-19(17)23/h7-12H,1H2,2-6H3. The van der Waals surface area contributed by atoms with Crippen LogP contribution in [-0.4, -0.2) is 28.2 Å². The number of nitrogens with zero attached hydrogens (tertiary/aromatic N) is 3. The Morgan fingerprint density at radius 1 is 0.957 bits per heavy atom. The molecule has 2 aromatic rings. The first kappa shape index (κ1) is 15.8. The topological polar surface area (TPSA) is 18.8 Å². The summed E-state index contributed by atoms with van der Waals surface area (Å²) in [5.74, 6) is 0. The van der Waals surface area contributed by atoms with E-state index in [1.807, 2.05) is 0 Å². The van der Waals surface area contributed by atoms with E-state index in [0.29, 0.717) is 0 Å². The van der Waals surface area contributed by atoms with Crippen molar-refractivity contribution in [3.8, 4) is 0 Å². The van der Waals surface area contributed by atoms with Crippen LogP contribution in [0.3, 0.4) is 0 Å². The summed E-state index contributed by atoms with van der Waals surface area (Å²) in [7, 11) is 8.13. The van der Waals surface area contributed by atoms with Gasteiger partial charge in [0.1, 0.15) is 0 Å². The van der Waals surface area contributed by atoms with E-state index in [-0.39, 0.29) is 10.5 Å². The van der Waals surface area contributed by atoms with Gasteiger partial charge in [-0.3, -0.25) is 0 Å². The van der Waals surface area contributed by atoms with Gasteiger partial charge in [0.2, 0.25) is 0 Å². The summed E-state index contributed by atoms with van der Waals surface area (Å²) in [6.07, 6.45) is 0. The number of anilines is 2. The first-order valence-electron chi connectivity index (χ1n) is 7.63. The number of benzene rings is 2. The van der Waals surface area contributed by atoms with Crippen LogP contribution in [-0.2, 0) is 0 Å². The second kappa shape index (κ2) is 5.85. The third-order valence-corrected chi connectivity index (χ3v) is 6.18. The minimum absolute atomic E-state index is 0.141. The lowest BCUT2D eigenvalue weighted by molar-refractivity contribution is 1.11. The summed E-state index contributed by atoms with van der Waals surface area (Å²) >= 11 is 0. The second-order valence-electron chi connectivity index (χ2n) is 6.21. The largest absolute Gasteiger partial charge is 0.378 e. The lowest BCUT2D eigenvalue weighted by Gasteiger charge is -2.21. The molecule has 1 heterocycles. The highest BCUT2D eigenvalue weighted by atomic mass is 32.2. The van der Waals surface area contributed by atoms with E-state index in [1.165, 1.54) is 25.7 Å². The highest BCUT2D eigenvalue weighted by Gasteiger charge is 2.15. The van der Waals surface area contributed by atoms with E-state index in [9.17, 15) is 0 Å². The molecule has 2 aromatic carbocycles. The maximum atomic E-state index is 4.87. The first-order chi connectivity index (χ1) is 10.9. The Labute approximate surface area is 140 Å². The molecule has 3 nitrogen and oxygen atoms in total. The molecule has 1 aliphatic rings. The van der Waals surface area contributed by atoms with Crippen molar-refractivity contribution in [1.82, 2.24) is 0 Å². The summed E-state index contributed by atoms with van der Waals surface area (Å²) in [6.45, 7) is 6.39. The van der Waals surface area contributed by atoms with Crippen LogP contribution in [0.15, 0.2) is 57.8 Å². The molecule has 0 bridgehead atoms. The number of allylic oxidation sites excluding steroid dienone is 1. The molecule has 0 radical (unpaired) electrons. The molecule has 4 heteroatoms. The molecule has 0 spiro atoms. The summed E-state index contributed by atoms with van der Waals surface area (Å²) in [4.78, 5) is 11.6. The Morgan fingerprint density at radius 2 is 1.57 bits per heavy atom. The van der Waals surface area contributed by atoms with Gasteiger partial charge in [0.15, 0.2) is 0 Å². The van der Waals surface area contributed by atoms with Gasteiger partial charge in [-0.15, -0.1) is 10.5 Å². The number of hydrogen-bond donors (Lipinski definition) is 0. The van der Waals surface area contributed by atoms with E-state index >= 15 is 0 Å². The summed E-state index contributed by atoms with van der Waals surface area (Å²) in [5, 5.41) is 1.06. The van der Waals surface area contributed by atoms with Gasteiger partial charge < -0.3 is 9.80 Å².